The van der Waals surface area contributed by atoms with Gasteiger partial charge in [0.05, 0.1) is 6.10 Å². The smallest absolute Gasteiger partial charge is 0.0925 e. The van der Waals surface area contributed by atoms with E-state index in [2.05, 4.69) is 44.0 Å². The Bertz CT molecular complexity index is 244. The molecule has 0 aromatic rings. The highest BCUT2D eigenvalue weighted by molar-refractivity contribution is 9.14. The summed E-state index contributed by atoms with van der Waals surface area (Å²) in [7, 11) is 0. The van der Waals surface area contributed by atoms with E-state index in [1.54, 1.807) is 0 Å². The fourth-order valence-electron chi connectivity index (χ4n) is 1.66. The van der Waals surface area contributed by atoms with Crippen LogP contribution in [-0.4, -0.2) is 11.2 Å². The fraction of sp³-hybridized carbons (Fsp3) is 0.500. The predicted molar refractivity (Wildman–Crippen MR) is 51.6 cm³/mol. The van der Waals surface area contributed by atoms with Crippen LogP contribution in [0.5, 0.6) is 0 Å². The number of rotatable bonds is 0. The molecule has 2 aliphatic carbocycles. The van der Waals surface area contributed by atoms with Crippen LogP contribution >= 0.6 is 31.9 Å². The lowest BCUT2D eigenvalue weighted by Crippen LogP contribution is -2.23. The van der Waals surface area contributed by atoms with Gasteiger partial charge in [-0.2, -0.15) is 0 Å². The zero-order chi connectivity index (χ0) is 8.01. The Balaban J connectivity index is 2.41. The van der Waals surface area contributed by atoms with Crippen molar-refractivity contribution in [3.05, 3.63) is 21.1 Å². The summed E-state index contributed by atoms with van der Waals surface area (Å²) < 4.78 is 2.03. The monoisotopic (exact) mass is 278 g/mol. The minimum Gasteiger partial charge on any atom is -0.387 e. The van der Waals surface area contributed by atoms with Gasteiger partial charge in [-0.05, 0) is 6.42 Å². The second-order valence-corrected chi connectivity index (χ2v) is 4.74. The maximum atomic E-state index is 9.65. The van der Waals surface area contributed by atoms with Crippen LogP contribution in [0.25, 0.3) is 0 Å². The first-order valence-corrected chi connectivity index (χ1v) is 5.20. The number of fused-ring (bicyclic) bond motifs is 2. The maximum absolute atomic E-state index is 9.65. The molecule has 0 spiro atoms. The first-order chi connectivity index (χ1) is 5.20. The van der Waals surface area contributed by atoms with E-state index in [0.717, 1.165) is 15.4 Å². The van der Waals surface area contributed by atoms with Gasteiger partial charge in [-0.3, -0.25) is 0 Å². The average molecular weight is 280 g/mol. The summed E-state index contributed by atoms with van der Waals surface area (Å²) in [5, 5.41) is 9.65. The molecular weight excluding hydrogens is 272 g/mol. The van der Waals surface area contributed by atoms with Gasteiger partial charge in [0.25, 0.3) is 0 Å². The average Bonchev–Trinajstić information content (AvgIpc) is 2.44. The van der Waals surface area contributed by atoms with Gasteiger partial charge in [-0.1, -0.05) is 44.0 Å². The molecule has 1 nitrogen and oxygen atoms in total. The molecule has 0 saturated carbocycles. The lowest BCUT2D eigenvalue weighted by atomic mass is 9.92. The number of aliphatic hydroxyl groups excluding tert-OH is 1. The zero-order valence-corrected chi connectivity index (χ0v) is 8.97. The topological polar surface area (TPSA) is 20.2 Å². The van der Waals surface area contributed by atoms with E-state index in [0.29, 0.717) is 11.8 Å². The van der Waals surface area contributed by atoms with Crippen LogP contribution in [0.2, 0.25) is 0 Å². The molecule has 1 N–H and O–H groups in total. The molecule has 0 aromatic carbocycles. The minimum atomic E-state index is -0.334. The number of hydrogen-bond donors (Lipinski definition) is 1. The van der Waals surface area contributed by atoms with Gasteiger partial charge < -0.3 is 5.11 Å². The van der Waals surface area contributed by atoms with E-state index >= 15 is 0 Å². The number of hydrogen-bond acceptors (Lipinski definition) is 1. The molecule has 2 bridgehead atoms. The molecule has 2 rings (SSSR count). The molecule has 0 fully saturated rings. The summed E-state index contributed by atoms with van der Waals surface area (Å²) in [6.45, 7) is 0. The highest BCUT2D eigenvalue weighted by atomic mass is 79.9. The largest absolute Gasteiger partial charge is 0.387 e. The highest BCUT2D eigenvalue weighted by Gasteiger charge is 2.35. The maximum Gasteiger partial charge on any atom is 0.0925 e. The minimum absolute atomic E-state index is 0.329. The summed E-state index contributed by atoms with van der Waals surface area (Å²) in [5.41, 5.74) is 0. The third-order valence-corrected chi connectivity index (χ3v) is 4.78. The van der Waals surface area contributed by atoms with Crippen LogP contribution in [-0.2, 0) is 0 Å². The second kappa shape index (κ2) is 2.71. The standard InChI is InChI=1S/C8H8Br2O/c9-6-4-1-2-5(3-4)8(11)7(6)10/h1-2,4-5,8,11H,3H2/t4-,5+,8?/m0/s1. The Labute approximate surface area is 82.4 Å². The molecule has 0 radical (unpaired) electrons. The van der Waals surface area contributed by atoms with Gasteiger partial charge >= 0.3 is 0 Å². The predicted octanol–water partition coefficient (Wildman–Crippen LogP) is 2.55. The third-order valence-electron chi connectivity index (χ3n) is 2.34. The van der Waals surface area contributed by atoms with Gasteiger partial charge in [0.15, 0.2) is 0 Å². The van der Waals surface area contributed by atoms with Crippen LogP contribution in [0.4, 0.5) is 0 Å². The van der Waals surface area contributed by atoms with Crippen molar-refractivity contribution in [3.8, 4) is 0 Å². The Morgan fingerprint density at radius 1 is 1.27 bits per heavy atom. The number of allylic oxidation sites excluding steroid dienone is 2. The molecule has 11 heavy (non-hydrogen) atoms. The summed E-state index contributed by atoms with van der Waals surface area (Å²) in [6, 6.07) is 0. The Hall–Kier alpha value is 0.400. The second-order valence-electron chi connectivity index (χ2n) is 3.03. The first kappa shape index (κ1) is 8.02. The van der Waals surface area contributed by atoms with Gasteiger partial charge in [-0.25, -0.2) is 0 Å². The summed E-state index contributed by atoms with van der Waals surface area (Å²) in [5.74, 6) is 0.827. The van der Waals surface area contributed by atoms with Crippen molar-refractivity contribution in [2.24, 2.45) is 11.8 Å². The Morgan fingerprint density at radius 2 is 2.00 bits per heavy atom. The van der Waals surface area contributed by atoms with Gasteiger partial charge in [0, 0.05) is 20.8 Å². The van der Waals surface area contributed by atoms with Crippen molar-refractivity contribution in [1.82, 2.24) is 0 Å². The quantitative estimate of drug-likeness (QED) is 0.676. The third kappa shape index (κ3) is 1.14. The van der Waals surface area contributed by atoms with Crippen LogP contribution in [0.15, 0.2) is 21.1 Å². The molecule has 1 unspecified atom stereocenters. The van der Waals surface area contributed by atoms with Crippen LogP contribution in [0.1, 0.15) is 6.42 Å². The van der Waals surface area contributed by atoms with Gasteiger partial charge in [0.2, 0.25) is 0 Å². The van der Waals surface area contributed by atoms with E-state index in [-0.39, 0.29) is 6.10 Å². The molecule has 3 atom stereocenters. The normalized spacial score (nSPS) is 41.9. The van der Waals surface area contributed by atoms with E-state index in [9.17, 15) is 5.11 Å². The molecule has 0 aromatic heterocycles. The van der Waals surface area contributed by atoms with E-state index in [1.165, 1.54) is 0 Å². The molecular formula is C8H8Br2O. The summed E-state index contributed by atoms with van der Waals surface area (Å²) in [6.07, 6.45) is 4.98. The van der Waals surface area contributed by atoms with Crippen LogP contribution in [0, 0.1) is 11.8 Å². The van der Waals surface area contributed by atoms with Crippen LogP contribution < -0.4 is 0 Å². The molecule has 2 aliphatic rings. The first-order valence-electron chi connectivity index (χ1n) is 3.61. The zero-order valence-electron chi connectivity index (χ0n) is 5.80. The summed E-state index contributed by atoms with van der Waals surface area (Å²) in [4.78, 5) is 0. The van der Waals surface area contributed by atoms with Gasteiger partial charge in [0.1, 0.15) is 0 Å². The molecule has 60 valence electrons. The van der Waals surface area contributed by atoms with E-state index in [4.69, 9.17) is 0 Å². The molecule has 0 saturated heterocycles. The van der Waals surface area contributed by atoms with Crippen molar-refractivity contribution >= 4 is 31.9 Å². The Morgan fingerprint density at radius 3 is 2.73 bits per heavy atom. The lowest BCUT2D eigenvalue weighted by molar-refractivity contribution is 0.162. The molecule has 0 amide bonds. The van der Waals surface area contributed by atoms with E-state index < -0.39 is 0 Å². The number of aliphatic hydroxyl groups is 1. The lowest BCUT2D eigenvalue weighted by Gasteiger charge is -2.25. The van der Waals surface area contributed by atoms with Crippen LogP contribution in [0.3, 0.4) is 0 Å². The van der Waals surface area contributed by atoms with Gasteiger partial charge in [-0.15, -0.1) is 0 Å². The van der Waals surface area contributed by atoms with Crippen molar-refractivity contribution in [1.29, 1.82) is 0 Å². The van der Waals surface area contributed by atoms with E-state index in [1.807, 2.05) is 0 Å². The molecule has 0 heterocycles. The van der Waals surface area contributed by atoms with Crippen molar-refractivity contribution < 1.29 is 5.11 Å². The fourth-order valence-corrected chi connectivity index (χ4v) is 2.86. The van der Waals surface area contributed by atoms with Crippen molar-refractivity contribution in [3.63, 3.8) is 0 Å². The number of halogens is 2. The summed E-state index contributed by atoms with van der Waals surface area (Å²) >= 11 is 6.85. The SMILES string of the molecule is OC1C(Br)=C(Br)[C@H]2C=C[C@@H]1C2. The molecule has 0 aliphatic heterocycles. The highest BCUT2D eigenvalue weighted by Crippen LogP contribution is 2.45. The van der Waals surface area contributed by atoms with Crippen molar-refractivity contribution in [2.75, 3.05) is 0 Å². The Kier molecular flexibility index (Phi) is 1.98. The van der Waals surface area contributed by atoms with Crippen molar-refractivity contribution in [2.45, 2.75) is 12.5 Å². The molecule has 3 heteroatoms.